The number of hydrogen-bond acceptors (Lipinski definition) is 4. The summed E-state index contributed by atoms with van der Waals surface area (Å²) in [6, 6.07) is 4.16. The van der Waals surface area contributed by atoms with Crippen molar-refractivity contribution in [1.82, 2.24) is 10.3 Å². The average molecular weight is 259 g/mol. The number of hydrogen-bond donors (Lipinski definition) is 2. The van der Waals surface area contributed by atoms with Gasteiger partial charge in [-0.25, -0.2) is 0 Å². The van der Waals surface area contributed by atoms with Crippen LogP contribution in [-0.4, -0.2) is 28.1 Å². The summed E-state index contributed by atoms with van der Waals surface area (Å²) in [4.78, 5) is 36.9. The van der Waals surface area contributed by atoms with Gasteiger partial charge >= 0.3 is 0 Å². The molecule has 2 aromatic rings. The van der Waals surface area contributed by atoms with Gasteiger partial charge in [-0.3, -0.25) is 19.7 Å². The van der Waals surface area contributed by atoms with E-state index in [9.17, 15) is 19.7 Å². The number of rotatable bonds is 1. The molecule has 0 unspecified atom stereocenters. The Morgan fingerprint density at radius 3 is 2.79 bits per heavy atom. The van der Waals surface area contributed by atoms with Crippen molar-refractivity contribution in [3.8, 4) is 0 Å². The summed E-state index contributed by atoms with van der Waals surface area (Å²) in [7, 11) is 0. The van der Waals surface area contributed by atoms with Crippen LogP contribution in [0.4, 0.5) is 5.69 Å². The first-order chi connectivity index (χ1) is 9.08. The van der Waals surface area contributed by atoms with Crippen molar-refractivity contribution >= 4 is 28.3 Å². The van der Waals surface area contributed by atoms with Gasteiger partial charge in [0.25, 0.3) is 11.6 Å². The number of aromatic amines is 1. The van der Waals surface area contributed by atoms with Gasteiger partial charge in [0.2, 0.25) is 0 Å². The lowest BCUT2D eigenvalue weighted by atomic mass is 10.0. The molecule has 0 spiro atoms. The molecule has 96 valence electrons. The number of Topliss-reactive ketones (excluding diaryl/α,β-unsaturated/α-hetero) is 1. The summed E-state index contributed by atoms with van der Waals surface area (Å²) in [5.74, 6) is -0.556. The fourth-order valence-electron chi connectivity index (χ4n) is 2.26. The number of ketones is 1. The van der Waals surface area contributed by atoms with Gasteiger partial charge in [-0.15, -0.1) is 0 Å². The van der Waals surface area contributed by atoms with Gasteiger partial charge in [0.15, 0.2) is 5.78 Å². The van der Waals surface area contributed by atoms with E-state index in [1.54, 1.807) is 0 Å². The van der Waals surface area contributed by atoms with Gasteiger partial charge in [-0.1, -0.05) is 0 Å². The van der Waals surface area contributed by atoms with Crippen LogP contribution in [-0.2, 0) is 0 Å². The van der Waals surface area contributed by atoms with Crippen molar-refractivity contribution in [1.29, 1.82) is 0 Å². The second-order valence-electron chi connectivity index (χ2n) is 4.29. The highest BCUT2D eigenvalue weighted by molar-refractivity contribution is 6.17. The molecule has 19 heavy (non-hydrogen) atoms. The molecule has 0 saturated carbocycles. The SMILES string of the molecule is O=C1NCCC(=O)c2c1[nH]c1ccc([N+](=O)[O-])cc21. The highest BCUT2D eigenvalue weighted by atomic mass is 16.6. The van der Waals surface area contributed by atoms with Crippen LogP contribution in [0, 0.1) is 10.1 Å². The molecule has 2 heterocycles. The number of nitrogens with one attached hydrogen (secondary N) is 2. The van der Waals surface area contributed by atoms with Crippen LogP contribution < -0.4 is 5.32 Å². The highest BCUT2D eigenvalue weighted by Gasteiger charge is 2.26. The Balaban J connectivity index is 2.33. The smallest absolute Gasteiger partial charge is 0.270 e. The first kappa shape index (κ1) is 11.4. The van der Waals surface area contributed by atoms with Crippen LogP contribution in [0.3, 0.4) is 0 Å². The molecule has 0 bridgehead atoms. The largest absolute Gasteiger partial charge is 0.350 e. The second kappa shape index (κ2) is 3.91. The standard InChI is InChI=1S/C12H9N3O4/c16-9-3-4-13-12(17)11-10(9)7-5-6(15(18)19)1-2-8(7)14-11/h1-2,5,14H,3-4H2,(H,13,17). The van der Waals surface area contributed by atoms with Crippen molar-refractivity contribution in [3.05, 3.63) is 39.6 Å². The van der Waals surface area contributed by atoms with E-state index < -0.39 is 4.92 Å². The Bertz CT molecular complexity index is 732. The van der Waals surface area contributed by atoms with Crippen molar-refractivity contribution in [3.63, 3.8) is 0 Å². The molecule has 2 N–H and O–H groups in total. The van der Waals surface area contributed by atoms with Crippen molar-refractivity contribution in [2.75, 3.05) is 6.54 Å². The fraction of sp³-hybridized carbons (Fsp3) is 0.167. The lowest BCUT2D eigenvalue weighted by Gasteiger charge is -1.96. The van der Waals surface area contributed by atoms with Gasteiger partial charge in [-0.05, 0) is 6.07 Å². The van der Waals surface area contributed by atoms with E-state index in [1.807, 2.05) is 0 Å². The number of carbonyl (C=O) groups excluding carboxylic acids is 2. The van der Waals surface area contributed by atoms with E-state index in [1.165, 1.54) is 18.2 Å². The van der Waals surface area contributed by atoms with Gasteiger partial charge in [0, 0.05) is 36.0 Å². The molecule has 7 nitrogen and oxygen atoms in total. The first-order valence-corrected chi connectivity index (χ1v) is 5.69. The quantitative estimate of drug-likeness (QED) is 0.596. The summed E-state index contributed by atoms with van der Waals surface area (Å²) >= 11 is 0. The molecule has 1 aromatic carbocycles. The van der Waals surface area contributed by atoms with Crippen molar-refractivity contribution in [2.45, 2.75) is 6.42 Å². The number of amides is 1. The maximum atomic E-state index is 12.0. The molecular formula is C12H9N3O4. The number of aromatic nitrogens is 1. The summed E-state index contributed by atoms with van der Waals surface area (Å²) in [6.07, 6.45) is 0.189. The van der Waals surface area contributed by atoms with E-state index in [0.717, 1.165) is 0 Å². The summed E-state index contributed by atoms with van der Waals surface area (Å²) in [5.41, 5.74) is 0.861. The molecular weight excluding hydrogens is 250 g/mol. The van der Waals surface area contributed by atoms with E-state index in [-0.39, 0.29) is 41.6 Å². The predicted octanol–water partition coefficient (Wildman–Crippen LogP) is 1.39. The number of non-ortho nitro benzene ring substituents is 1. The van der Waals surface area contributed by atoms with Crippen LogP contribution in [0.25, 0.3) is 10.9 Å². The predicted molar refractivity (Wildman–Crippen MR) is 66.2 cm³/mol. The molecule has 0 atom stereocenters. The van der Waals surface area contributed by atoms with Crippen molar-refractivity contribution < 1.29 is 14.5 Å². The van der Waals surface area contributed by atoms with E-state index in [0.29, 0.717) is 10.9 Å². The third kappa shape index (κ3) is 1.67. The number of H-pyrrole nitrogens is 1. The van der Waals surface area contributed by atoms with E-state index in [4.69, 9.17) is 0 Å². The number of benzene rings is 1. The zero-order valence-electron chi connectivity index (χ0n) is 9.73. The first-order valence-electron chi connectivity index (χ1n) is 5.69. The Morgan fingerprint density at radius 2 is 2.05 bits per heavy atom. The molecule has 0 aliphatic carbocycles. The topological polar surface area (TPSA) is 105 Å². The molecule has 1 amide bonds. The average Bonchev–Trinajstić information content (AvgIpc) is 2.70. The lowest BCUT2D eigenvalue weighted by molar-refractivity contribution is -0.384. The molecule has 7 heteroatoms. The van der Waals surface area contributed by atoms with Crippen LogP contribution in [0.5, 0.6) is 0 Å². The maximum absolute atomic E-state index is 12.0. The Hall–Kier alpha value is -2.70. The van der Waals surface area contributed by atoms with Gasteiger partial charge in [0.05, 0.1) is 10.5 Å². The fourth-order valence-corrected chi connectivity index (χ4v) is 2.26. The second-order valence-corrected chi connectivity index (χ2v) is 4.29. The van der Waals surface area contributed by atoms with Crippen LogP contribution in [0.15, 0.2) is 18.2 Å². The third-order valence-electron chi connectivity index (χ3n) is 3.14. The highest BCUT2D eigenvalue weighted by Crippen LogP contribution is 2.28. The lowest BCUT2D eigenvalue weighted by Crippen LogP contribution is -2.23. The summed E-state index contributed by atoms with van der Waals surface area (Å²) in [5, 5.41) is 13.8. The minimum Gasteiger partial charge on any atom is -0.350 e. The van der Waals surface area contributed by atoms with Gasteiger partial charge in [-0.2, -0.15) is 0 Å². The van der Waals surface area contributed by atoms with E-state index in [2.05, 4.69) is 10.3 Å². The van der Waals surface area contributed by atoms with Crippen molar-refractivity contribution in [2.24, 2.45) is 0 Å². The number of carbonyl (C=O) groups is 2. The molecule has 1 aromatic heterocycles. The molecule has 0 radical (unpaired) electrons. The molecule has 3 rings (SSSR count). The zero-order valence-corrected chi connectivity index (χ0v) is 9.73. The Kier molecular flexibility index (Phi) is 2.34. The third-order valence-corrected chi connectivity index (χ3v) is 3.14. The molecule has 0 fully saturated rings. The number of fused-ring (bicyclic) bond motifs is 3. The van der Waals surface area contributed by atoms with Crippen LogP contribution in [0.1, 0.15) is 27.3 Å². The maximum Gasteiger partial charge on any atom is 0.270 e. The van der Waals surface area contributed by atoms with Gasteiger partial charge < -0.3 is 10.3 Å². The Morgan fingerprint density at radius 1 is 1.26 bits per heavy atom. The minimum atomic E-state index is -0.528. The molecule has 0 saturated heterocycles. The zero-order chi connectivity index (χ0) is 13.6. The van der Waals surface area contributed by atoms with Gasteiger partial charge in [0.1, 0.15) is 5.69 Å². The normalized spacial score (nSPS) is 14.9. The number of nitro groups is 1. The van der Waals surface area contributed by atoms with Crippen LogP contribution in [0.2, 0.25) is 0 Å². The summed E-state index contributed by atoms with van der Waals surface area (Å²) in [6.45, 7) is 0.274. The Labute approximate surface area is 106 Å². The van der Waals surface area contributed by atoms with E-state index >= 15 is 0 Å². The molecule has 1 aliphatic rings. The number of nitro benzene ring substituents is 1. The monoisotopic (exact) mass is 259 g/mol. The molecule has 1 aliphatic heterocycles. The van der Waals surface area contributed by atoms with Crippen LogP contribution >= 0.6 is 0 Å². The minimum absolute atomic E-state index is 0.105. The summed E-state index contributed by atoms with van der Waals surface area (Å²) < 4.78 is 0. The number of nitrogens with zero attached hydrogens (tertiary/aromatic N) is 1.